The fourth-order valence-electron chi connectivity index (χ4n) is 3.43. The smallest absolute Gasteiger partial charge is 0.251 e. The lowest BCUT2D eigenvalue weighted by Gasteiger charge is -2.16. The second kappa shape index (κ2) is 9.10. The molecule has 0 amide bonds. The Bertz CT molecular complexity index is 1450. The van der Waals surface area contributed by atoms with Crippen molar-refractivity contribution < 1.29 is 13.5 Å². The van der Waals surface area contributed by atoms with E-state index >= 15 is 4.39 Å². The highest BCUT2D eigenvalue weighted by atomic mass is 19.1. The summed E-state index contributed by atoms with van der Waals surface area (Å²) in [6, 6.07) is 10.3. The van der Waals surface area contributed by atoms with Gasteiger partial charge in [0.1, 0.15) is 17.2 Å². The van der Waals surface area contributed by atoms with Gasteiger partial charge in [-0.25, -0.2) is 23.2 Å². The molecule has 0 saturated heterocycles. The lowest BCUT2D eigenvalue weighted by Crippen LogP contribution is -2.18. The van der Waals surface area contributed by atoms with Crippen molar-refractivity contribution in [3.05, 3.63) is 95.1 Å². The van der Waals surface area contributed by atoms with Crippen LogP contribution in [0.1, 0.15) is 5.56 Å². The number of hydrogen-bond donors (Lipinski definition) is 0. The van der Waals surface area contributed by atoms with E-state index in [0.29, 0.717) is 5.69 Å². The first-order valence-electron chi connectivity index (χ1n) is 10.0. The summed E-state index contributed by atoms with van der Waals surface area (Å²) in [6.45, 7) is 8.83. The molecule has 4 rings (SSSR count). The predicted molar refractivity (Wildman–Crippen MR) is 126 cm³/mol. The Balaban J connectivity index is 1.90. The SMILES string of the molecule is C=CN(N=C)c1ccc(-n2cc(OC)c(=O)c(-c3ccnn3-c3cc(C)ccc3F)n2)c(F)c1. The maximum absolute atomic E-state index is 15.1. The van der Waals surface area contributed by atoms with Crippen LogP contribution in [0.3, 0.4) is 0 Å². The average Bonchev–Trinajstić information content (AvgIpc) is 3.31. The van der Waals surface area contributed by atoms with Crippen LogP contribution in [-0.4, -0.2) is 33.4 Å². The van der Waals surface area contributed by atoms with Crippen molar-refractivity contribution in [2.24, 2.45) is 5.10 Å². The molecule has 2 aromatic carbocycles. The quantitative estimate of drug-likeness (QED) is 0.303. The van der Waals surface area contributed by atoms with E-state index in [-0.39, 0.29) is 28.5 Å². The third-order valence-corrected chi connectivity index (χ3v) is 5.09. The molecular weight excluding hydrogens is 442 g/mol. The molecular formula is C24H20F2N6O2. The van der Waals surface area contributed by atoms with E-state index in [2.05, 4.69) is 28.6 Å². The highest BCUT2D eigenvalue weighted by Crippen LogP contribution is 2.25. The van der Waals surface area contributed by atoms with Crippen LogP contribution in [-0.2, 0) is 0 Å². The molecule has 10 heteroatoms. The van der Waals surface area contributed by atoms with Crippen molar-refractivity contribution in [1.82, 2.24) is 19.6 Å². The van der Waals surface area contributed by atoms with Crippen LogP contribution in [0.4, 0.5) is 14.5 Å². The van der Waals surface area contributed by atoms with Gasteiger partial charge < -0.3 is 4.74 Å². The maximum atomic E-state index is 15.1. The monoisotopic (exact) mass is 462 g/mol. The van der Waals surface area contributed by atoms with Gasteiger partial charge in [0.2, 0.25) is 0 Å². The van der Waals surface area contributed by atoms with Gasteiger partial charge in [-0.1, -0.05) is 12.6 Å². The summed E-state index contributed by atoms with van der Waals surface area (Å²) in [5.74, 6) is -1.25. The van der Waals surface area contributed by atoms with Crippen LogP contribution in [0, 0.1) is 18.6 Å². The number of hydrogen-bond acceptors (Lipinski definition) is 6. The van der Waals surface area contributed by atoms with Crippen LogP contribution in [0.25, 0.3) is 22.8 Å². The number of halogens is 2. The third kappa shape index (κ3) is 3.96. The van der Waals surface area contributed by atoms with Crippen LogP contribution in [0.2, 0.25) is 0 Å². The lowest BCUT2D eigenvalue weighted by atomic mass is 10.2. The normalized spacial score (nSPS) is 10.7. The van der Waals surface area contributed by atoms with Crippen molar-refractivity contribution >= 4 is 12.4 Å². The number of hydrazone groups is 1. The predicted octanol–water partition coefficient (Wildman–Crippen LogP) is 4.25. The van der Waals surface area contributed by atoms with Gasteiger partial charge in [0.05, 0.1) is 30.9 Å². The van der Waals surface area contributed by atoms with Crippen LogP contribution < -0.4 is 15.2 Å². The summed E-state index contributed by atoms with van der Waals surface area (Å²) in [7, 11) is 1.32. The number of nitrogens with zero attached hydrogens (tertiary/aromatic N) is 6. The number of aryl methyl sites for hydroxylation is 1. The second-order valence-electron chi connectivity index (χ2n) is 7.21. The van der Waals surface area contributed by atoms with E-state index in [4.69, 9.17) is 4.74 Å². The molecule has 0 aliphatic heterocycles. The molecule has 4 aromatic rings. The molecule has 172 valence electrons. The molecule has 0 atom stereocenters. The van der Waals surface area contributed by atoms with Crippen molar-refractivity contribution in [2.75, 3.05) is 12.1 Å². The third-order valence-electron chi connectivity index (χ3n) is 5.09. The number of anilines is 1. The van der Waals surface area contributed by atoms with E-state index in [9.17, 15) is 9.18 Å². The van der Waals surface area contributed by atoms with Crippen molar-refractivity contribution in [3.63, 3.8) is 0 Å². The van der Waals surface area contributed by atoms with Crippen LogP contribution in [0.15, 0.2) is 77.5 Å². The van der Waals surface area contributed by atoms with Gasteiger partial charge in [0, 0.05) is 19.0 Å². The Kier molecular flexibility index (Phi) is 6.05. The summed E-state index contributed by atoms with van der Waals surface area (Å²) in [5.41, 5.74) is 0.955. The molecule has 0 spiro atoms. The molecule has 0 radical (unpaired) electrons. The topological polar surface area (TPSA) is 77.5 Å². The number of methoxy groups -OCH3 is 1. The zero-order chi connectivity index (χ0) is 24.4. The number of ether oxygens (including phenoxy) is 1. The highest BCUT2D eigenvalue weighted by molar-refractivity contribution is 5.60. The van der Waals surface area contributed by atoms with Gasteiger partial charge in [-0.2, -0.15) is 15.3 Å². The summed E-state index contributed by atoms with van der Waals surface area (Å²) >= 11 is 0. The lowest BCUT2D eigenvalue weighted by molar-refractivity contribution is 0.405. The van der Waals surface area contributed by atoms with Crippen molar-refractivity contribution in [3.8, 4) is 28.5 Å². The van der Waals surface area contributed by atoms with E-state index in [1.165, 1.54) is 64.3 Å². The Morgan fingerprint density at radius 1 is 1.12 bits per heavy atom. The molecule has 2 heterocycles. The van der Waals surface area contributed by atoms with E-state index in [0.717, 1.165) is 5.56 Å². The highest BCUT2D eigenvalue weighted by Gasteiger charge is 2.20. The summed E-state index contributed by atoms with van der Waals surface area (Å²) in [5, 5.41) is 13.5. The van der Waals surface area contributed by atoms with Crippen LogP contribution >= 0.6 is 0 Å². The standard InChI is InChI=1S/C24H20F2N6O2/c1-5-30(27-3)16-7-9-19(18(26)13-16)31-14-22(34-4)24(33)23(29-31)20-10-11-28-32(20)21-12-15(2)6-8-17(21)25/h5-14H,1,3H2,2,4H3. The molecule has 0 N–H and O–H groups in total. The Morgan fingerprint density at radius 2 is 1.91 bits per heavy atom. The fourth-order valence-corrected chi connectivity index (χ4v) is 3.43. The van der Waals surface area contributed by atoms with Gasteiger partial charge in [0.15, 0.2) is 17.3 Å². The first-order valence-corrected chi connectivity index (χ1v) is 10.0. The molecule has 0 aliphatic rings. The van der Waals surface area contributed by atoms with Gasteiger partial charge in [-0.3, -0.25) is 4.79 Å². The Hall–Kier alpha value is -4.60. The number of aromatic nitrogens is 4. The first-order chi connectivity index (χ1) is 16.4. The molecule has 0 saturated carbocycles. The molecule has 0 unspecified atom stereocenters. The van der Waals surface area contributed by atoms with E-state index in [1.54, 1.807) is 18.2 Å². The largest absolute Gasteiger partial charge is 0.491 e. The summed E-state index contributed by atoms with van der Waals surface area (Å²) in [6.07, 6.45) is 4.07. The molecule has 34 heavy (non-hydrogen) atoms. The summed E-state index contributed by atoms with van der Waals surface area (Å²) in [4.78, 5) is 13.1. The number of rotatable bonds is 7. The zero-order valence-corrected chi connectivity index (χ0v) is 18.4. The van der Waals surface area contributed by atoms with Gasteiger partial charge in [-0.15, -0.1) is 0 Å². The van der Waals surface area contributed by atoms with Gasteiger partial charge in [0.25, 0.3) is 5.43 Å². The first kappa shape index (κ1) is 22.6. The molecule has 0 fully saturated rings. The molecule has 2 aromatic heterocycles. The van der Waals surface area contributed by atoms with Crippen molar-refractivity contribution in [2.45, 2.75) is 6.92 Å². The average molecular weight is 462 g/mol. The van der Waals surface area contributed by atoms with E-state index in [1.807, 2.05) is 6.92 Å². The summed E-state index contributed by atoms with van der Waals surface area (Å²) < 4.78 is 37.3. The minimum absolute atomic E-state index is 0.0455. The number of benzene rings is 2. The molecule has 0 aliphatic carbocycles. The zero-order valence-electron chi connectivity index (χ0n) is 18.4. The molecule has 0 bridgehead atoms. The minimum atomic E-state index is -0.643. The van der Waals surface area contributed by atoms with Crippen molar-refractivity contribution in [1.29, 1.82) is 0 Å². The fraction of sp³-hybridized carbons (Fsp3) is 0.0833. The molecule has 8 nitrogen and oxygen atoms in total. The minimum Gasteiger partial charge on any atom is -0.491 e. The second-order valence-corrected chi connectivity index (χ2v) is 7.21. The van der Waals surface area contributed by atoms with Gasteiger partial charge in [-0.05, 0) is 42.8 Å². The Morgan fingerprint density at radius 3 is 2.59 bits per heavy atom. The van der Waals surface area contributed by atoms with E-state index < -0.39 is 17.1 Å². The van der Waals surface area contributed by atoms with Crippen LogP contribution in [0.5, 0.6) is 5.75 Å². The maximum Gasteiger partial charge on any atom is 0.251 e. The van der Waals surface area contributed by atoms with Gasteiger partial charge >= 0.3 is 0 Å². The Labute approximate surface area is 193 Å².